The van der Waals surface area contributed by atoms with E-state index in [1.54, 1.807) is 19.1 Å². The third kappa shape index (κ3) is 5.25. The molecule has 7 nitrogen and oxygen atoms in total. The Kier molecular flexibility index (Phi) is 6.77. The number of nitrogens with one attached hydrogen (secondary N) is 2. The highest BCUT2D eigenvalue weighted by molar-refractivity contribution is 5.91. The Labute approximate surface area is 193 Å². The van der Waals surface area contributed by atoms with Gasteiger partial charge < -0.3 is 15.7 Å². The van der Waals surface area contributed by atoms with E-state index in [4.69, 9.17) is 0 Å². The molecule has 3 N–H and O–H groups in total. The Bertz CT molecular complexity index is 1160. The maximum atomic E-state index is 13.1. The van der Waals surface area contributed by atoms with Crippen LogP contribution in [0.1, 0.15) is 61.8 Å². The summed E-state index contributed by atoms with van der Waals surface area (Å²) in [7, 11) is 0. The molecule has 1 aromatic heterocycles. The number of benzene rings is 2. The van der Waals surface area contributed by atoms with Gasteiger partial charge in [0.25, 0.3) is 0 Å². The van der Waals surface area contributed by atoms with E-state index < -0.39 is 0 Å². The predicted octanol–water partition coefficient (Wildman–Crippen LogP) is 5.33. The summed E-state index contributed by atoms with van der Waals surface area (Å²) in [6.07, 6.45) is 4.66. The number of phenolic OH excluding ortho intramolecular Hbond substituents is 1. The number of aryl methyl sites for hydroxylation is 1. The number of phenols is 1. The topological polar surface area (TPSA) is 96.3 Å². The molecule has 3 aromatic rings. The predicted molar refractivity (Wildman–Crippen MR) is 128 cm³/mol. The summed E-state index contributed by atoms with van der Waals surface area (Å²) in [5.74, 6) is 0.146. The van der Waals surface area contributed by atoms with Crippen LogP contribution in [0.15, 0.2) is 48.5 Å². The van der Waals surface area contributed by atoms with E-state index in [-0.39, 0.29) is 23.6 Å². The number of carbonyl (C=O) groups excluding carboxylic acids is 2. The second-order valence-corrected chi connectivity index (χ2v) is 8.63. The lowest BCUT2D eigenvalue weighted by Gasteiger charge is -2.12. The lowest BCUT2D eigenvalue weighted by atomic mass is 10.0. The lowest BCUT2D eigenvalue weighted by molar-refractivity contribution is -0.115. The summed E-state index contributed by atoms with van der Waals surface area (Å²) < 4.78 is 1.45. The number of rotatable bonds is 6. The minimum Gasteiger partial charge on any atom is -0.507 e. The van der Waals surface area contributed by atoms with Gasteiger partial charge in [0.15, 0.2) is 0 Å². The first-order valence-electron chi connectivity index (χ1n) is 11.5. The van der Waals surface area contributed by atoms with Crippen LogP contribution in [0.2, 0.25) is 0 Å². The zero-order valence-corrected chi connectivity index (χ0v) is 19.1. The van der Waals surface area contributed by atoms with Gasteiger partial charge in [0, 0.05) is 36.2 Å². The summed E-state index contributed by atoms with van der Waals surface area (Å²) >= 11 is 0. The fourth-order valence-corrected chi connectivity index (χ4v) is 4.35. The Balaban J connectivity index is 1.60. The molecule has 1 aliphatic rings. The zero-order valence-electron chi connectivity index (χ0n) is 19.1. The number of anilines is 1. The first-order valence-corrected chi connectivity index (χ1v) is 11.5. The van der Waals surface area contributed by atoms with Gasteiger partial charge in [-0.25, -0.2) is 4.79 Å². The Hall–Kier alpha value is -3.61. The van der Waals surface area contributed by atoms with E-state index in [0.29, 0.717) is 29.9 Å². The second-order valence-electron chi connectivity index (χ2n) is 8.63. The van der Waals surface area contributed by atoms with Crippen molar-refractivity contribution in [3.05, 3.63) is 65.4 Å². The normalized spacial score (nSPS) is 13.8. The molecule has 0 unspecified atom stereocenters. The van der Waals surface area contributed by atoms with Gasteiger partial charge in [-0.05, 0) is 43.5 Å². The highest BCUT2D eigenvalue weighted by atomic mass is 16.3. The third-order valence-corrected chi connectivity index (χ3v) is 6.11. The molecule has 2 aromatic carbocycles. The van der Waals surface area contributed by atoms with E-state index in [9.17, 15) is 14.7 Å². The molecule has 0 atom stereocenters. The van der Waals surface area contributed by atoms with Gasteiger partial charge >= 0.3 is 6.03 Å². The molecule has 2 amide bonds. The largest absolute Gasteiger partial charge is 0.507 e. The lowest BCUT2D eigenvalue weighted by Crippen LogP contribution is -2.30. The number of hydrogen-bond donors (Lipinski definition) is 3. The SMILES string of the molecule is CCC(=O)Nc1ccc(-c2cc(C3CCCC3)n(C(=O)NCc3cccc(C)c3)n2)c(O)c1. The van der Waals surface area contributed by atoms with Crippen molar-refractivity contribution in [3.8, 4) is 17.0 Å². The first-order chi connectivity index (χ1) is 15.9. The molecule has 33 heavy (non-hydrogen) atoms. The first kappa shape index (κ1) is 22.6. The van der Waals surface area contributed by atoms with Crippen molar-refractivity contribution >= 4 is 17.6 Å². The number of aromatic hydroxyl groups is 1. The van der Waals surface area contributed by atoms with Crippen molar-refractivity contribution in [2.45, 2.75) is 58.4 Å². The minimum atomic E-state index is -0.282. The van der Waals surface area contributed by atoms with Gasteiger partial charge in [0.2, 0.25) is 5.91 Å². The summed E-state index contributed by atoms with van der Waals surface area (Å²) in [6.45, 7) is 4.20. The third-order valence-electron chi connectivity index (χ3n) is 6.11. The molecule has 7 heteroatoms. The highest BCUT2D eigenvalue weighted by Crippen LogP contribution is 2.38. The molecular weight excluding hydrogens is 416 g/mol. The molecule has 172 valence electrons. The molecule has 4 rings (SSSR count). The minimum absolute atomic E-state index is 0.00620. The molecule has 1 saturated carbocycles. The van der Waals surface area contributed by atoms with Gasteiger partial charge in [0.05, 0.1) is 11.4 Å². The van der Waals surface area contributed by atoms with E-state index in [0.717, 1.165) is 42.5 Å². The number of aromatic nitrogens is 2. The van der Waals surface area contributed by atoms with E-state index >= 15 is 0 Å². The standard InChI is InChI=1S/C26H30N4O3/c1-3-25(32)28-20-11-12-21(24(31)14-20)22-15-23(19-9-4-5-10-19)30(29-22)26(33)27-16-18-8-6-7-17(2)13-18/h6-8,11-15,19,31H,3-5,9-10,16H2,1-2H3,(H,27,33)(H,28,32). The van der Waals surface area contributed by atoms with Gasteiger partial charge in [-0.3, -0.25) is 4.79 Å². The number of nitrogens with zero attached hydrogens (tertiary/aromatic N) is 2. The van der Waals surface area contributed by atoms with Crippen LogP contribution in [0.4, 0.5) is 10.5 Å². The quantitative estimate of drug-likeness (QED) is 0.477. The van der Waals surface area contributed by atoms with E-state index in [1.807, 2.05) is 37.3 Å². The van der Waals surface area contributed by atoms with Crippen molar-refractivity contribution in [2.24, 2.45) is 0 Å². The molecule has 0 radical (unpaired) electrons. The number of carbonyl (C=O) groups is 2. The zero-order chi connectivity index (χ0) is 23.4. The van der Waals surface area contributed by atoms with Gasteiger partial charge in [-0.1, -0.05) is 49.6 Å². The maximum Gasteiger partial charge on any atom is 0.342 e. The molecule has 0 spiro atoms. The molecule has 1 fully saturated rings. The Morgan fingerprint density at radius 2 is 1.91 bits per heavy atom. The van der Waals surface area contributed by atoms with Crippen LogP contribution < -0.4 is 10.6 Å². The van der Waals surface area contributed by atoms with Crippen molar-refractivity contribution in [2.75, 3.05) is 5.32 Å². The van der Waals surface area contributed by atoms with Crippen LogP contribution in [0, 0.1) is 6.92 Å². The van der Waals surface area contributed by atoms with Crippen LogP contribution in [0.5, 0.6) is 5.75 Å². The van der Waals surface area contributed by atoms with Crippen LogP contribution in [-0.4, -0.2) is 26.8 Å². The summed E-state index contributed by atoms with van der Waals surface area (Å²) in [4.78, 5) is 24.7. The Morgan fingerprint density at radius 1 is 1.12 bits per heavy atom. The molecular formula is C26H30N4O3. The smallest absolute Gasteiger partial charge is 0.342 e. The second kappa shape index (κ2) is 9.90. The van der Waals surface area contributed by atoms with Crippen molar-refractivity contribution in [1.82, 2.24) is 15.1 Å². The molecule has 1 aliphatic carbocycles. The van der Waals surface area contributed by atoms with Crippen LogP contribution >= 0.6 is 0 Å². The van der Waals surface area contributed by atoms with E-state index in [2.05, 4.69) is 15.7 Å². The fraction of sp³-hybridized carbons (Fsp3) is 0.346. The molecule has 0 saturated heterocycles. The van der Waals surface area contributed by atoms with Crippen LogP contribution in [0.25, 0.3) is 11.3 Å². The monoisotopic (exact) mass is 446 g/mol. The number of amides is 2. The van der Waals surface area contributed by atoms with Crippen molar-refractivity contribution in [1.29, 1.82) is 0 Å². The van der Waals surface area contributed by atoms with Gasteiger partial charge in [-0.2, -0.15) is 9.78 Å². The summed E-state index contributed by atoms with van der Waals surface area (Å²) in [5, 5.41) is 20.9. The van der Waals surface area contributed by atoms with Crippen molar-refractivity contribution in [3.63, 3.8) is 0 Å². The van der Waals surface area contributed by atoms with E-state index in [1.165, 1.54) is 10.7 Å². The molecule has 0 aliphatic heterocycles. The fourth-order valence-electron chi connectivity index (χ4n) is 4.35. The van der Waals surface area contributed by atoms with Crippen molar-refractivity contribution < 1.29 is 14.7 Å². The average Bonchev–Trinajstić information content (AvgIpc) is 3.47. The average molecular weight is 447 g/mol. The Morgan fingerprint density at radius 3 is 2.61 bits per heavy atom. The molecule has 1 heterocycles. The summed E-state index contributed by atoms with van der Waals surface area (Å²) in [5.41, 5.74) is 4.62. The van der Waals surface area contributed by atoms with Gasteiger partial charge in [0.1, 0.15) is 5.75 Å². The maximum absolute atomic E-state index is 13.1. The highest BCUT2D eigenvalue weighted by Gasteiger charge is 2.26. The van der Waals surface area contributed by atoms with Crippen LogP contribution in [0.3, 0.4) is 0 Å². The molecule has 0 bridgehead atoms. The summed E-state index contributed by atoms with van der Waals surface area (Å²) in [6, 6.07) is 14.6. The number of hydrogen-bond acceptors (Lipinski definition) is 4. The van der Waals surface area contributed by atoms with Gasteiger partial charge in [-0.15, -0.1) is 0 Å². The van der Waals surface area contributed by atoms with Crippen LogP contribution in [-0.2, 0) is 11.3 Å².